The minimum atomic E-state index is 0.657. The van der Waals surface area contributed by atoms with Crippen molar-refractivity contribution in [3.05, 3.63) is 36.5 Å². The van der Waals surface area contributed by atoms with Crippen molar-refractivity contribution in [2.24, 2.45) is 0 Å². The number of hydrogen-bond acceptors (Lipinski definition) is 1. The van der Waals surface area contributed by atoms with E-state index in [4.69, 9.17) is 5.26 Å². The third-order valence-electron chi connectivity index (χ3n) is 1.72. The molecule has 0 radical (unpaired) electrons. The molecule has 0 heterocycles. The van der Waals surface area contributed by atoms with Gasteiger partial charge in [0.15, 0.2) is 0 Å². The standard InChI is InChI=1S/C13H19N/c1-2-3-4-5-6-7-8-9-10-11-12-13-14/h4-9H,2-3,10-12H2,1H3/b5-4+,7-6+,9-8+. The van der Waals surface area contributed by atoms with Gasteiger partial charge in [0, 0.05) is 6.42 Å². The summed E-state index contributed by atoms with van der Waals surface area (Å²) < 4.78 is 0. The van der Waals surface area contributed by atoms with Gasteiger partial charge in [-0.15, -0.1) is 0 Å². The van der Waals surface area contributed by atoms with E-state index >= 15 is 0 Å². The number of allylic oxidation sites excluding steroid dienone is 6. The van der Waals surface area contributed by atoms with Gasteiger partial charge in [-0.2, -0.15) is 5.26 Å². The van der Waals surface area contributed by atoms with Gasteiger partial charge in [-0.3, -0.25) is 0 Å². The molecule has 0 unspecified atom stereocenters. The van der Waals surface area contributed by atoms with Gasteiger partial charge in [0.25, 0.3) is 0 Å². The highest BCUT2D eigenvalue weighted by Crippen LogP contribution is 1.95. The number of rotatable bonds is 7. The van der Waals surface area contributed by atoms with Crippen LogP contribution < -0.4 is 0 Å². The summed E-state index contributed by atoms with van der Waals surface area (Å²) in [5.41, 5.74) is 0. The quantitative estimate of drug-likeness (QED) is 0.436. The van der Waals surface area contributed by atoms with Crippen LogP contribution in [0, 0.1) is 11.3 Å². The van der Waals surface area contributed by atoms with Crippen molar-refractivity contribution in [3.63, 3.8) is 0 Å². The molecule has 0 saturated heterocycles. The highest BCUT2D eigenvalue weighted by Gasteiger charge is 1.78. The van der Waals surface area contributed by atoms with Crippen LogP contribution >= 0.6 is 0 Å². The monoisotopic (exact) mass is 189 g/mol. The SMILES string of the molecule is CCC/C=C/C=C/C=C/CCCC#N. The van der Waals surface area contributed by atoms with E-state index in [0.717, 1.165) is 19.3 Å². The number of unbranched alkanes of at least 4 members (excludes halogenated alkanes) is 3. The predicted octanol–water partition coefficient (Wildman–Crippen LogP) is 4.15. The average molecular weight is 189 g/mol. The zero-order valence-corrected chi connectivity index (χ0v) is 8.95. The zero-order chi connectivity index (χ0) is 10.5. The summed E-state index contributed by atoms with van der Waals surface area (Å²) in [6.07, 6.45) is 17.4. The molecule has 0 aromatic heterocycles. The fourth-order valence-corrected chi connectivity index (χ4v) is 0.944. The van der Waals surface area contributed by atoms with Gasteiger partial charge in [0.2, 0.25) is 0 Å². The van der Waals surface area contributed by atoms with Crippen molar-refractivity contribution in [2.75, 3.05) is 0 Å². The van der Waals surface area contributed by atoms with Gasteiger partial charge in [-0.05, 0) is 19.3 Å². The van der Waals surface area contributed by atoms with E-state index in [-0.39, 0.29) is 0 Å². The molecular formula is C13H19N. The molecule has 1 heteroatoms. The summed E-state index contributed by atoms with van der Waals surface area (Å²) in [7, 11) is 0. The lowest BCUT2D eigenvalue weighted by Crippen LogP contribution is -1.67. The third kappa shape index (κ3) is 10.7. The molecule has 0 bridgehead atoms. The molecule has 0 aliphatic carbocycles. The van der Waals surface area contributed by atoms with Crippen molar-refractivity contribution in [2.45, 2.75) is 39.0 Å². The molecule has 1 nitrogen and oxygen atoms in total. The maximum absolute atomic E-state index is 8.29. The van der Waals surface area contributed by atoms with Gasteiger partial charge >= 0.3 is 0 Å². The van der Waals surface area contributed by atoms with E-state index in [1.807, 2.05) is 18.2 Å². The molecule has 0 aromatic carbocycles. The average Bonchev–Trinajstić information content (AvgIpc) is 2.21. The second kappa shape index (κ2) is 11.7. The van der Waals surface area contributed by atoms with E-state index in [1.165, 1.54) is 6.42 Å². The lowest BCUT2D eigenvalue weighted by molar-refractivity contribution is 0.876. The molecule has 0 aliphatic heterocycles. The Morgan fingerprint density at radius 3 is 2.21 bits per heavy atom. The van der Waals surface area contributed by atoms with Gasteiger partial charge in [0.1, 0.15) is 0 Å². The molecule has 0 N–H and O–H groups in total. The maximum Gasteiger partial charge on any atom is 0.0621 e. The zero-order valence-electron chi connectivity index (χ0n) is 8.95. The lowest BCUT2D eigenvalue weighted by atomic mass is 10.2. The molecule has 14 heavy (non-hydrogen) atoms. The fraction of sp³-hybridized carbons (Fsp3) is 0.462. The smallest absolute Gasteiger partial charge is 0.0621 e. The van der Waals surface area contributed by atoms with Gasteiger partial charge in [-0.25, -0.2) is 0 Å². The summed E-state index contributed by atoms with van der Waals surface area (Å²) in [4.78, 5) is 0. The van der Waals surface area contributed by atoms with Crippen molar-refractivity contribution in [1.29, 1.82) is 5.26 Å². The van der Waals surface area contributed by atoms with Gasteiger partial charge in [0.05, 0.1) is 6.07 Å². The largest absolute Gasteiger partial charge is 0.198 e. The maximum atomic E-state index is 8.29. The highest BCUT2D eigenvalue weighted by atomic mass is 14.2. The summed E-state index contributed by atoms with van der Waals surface area (Å²) in [6.45, 7) is 2.17. The first-order valence-electron chi connectivity index (χ1n) is 5.27. The van der Waals surface area contributed by atoms with E-state index in [0.29, 0.717) is 6.42 Å². The Hall–Kier alpha value is -1.29. The van der Waals surface area contributed by atoms with Gasteiger partial charge < -0.3 is 0 Å². The fourth-order valence-electron chi connectivity index (χ4n) is 0.944. The van der Waals surface area contributed by atoms with Crippen molar-refractivity contribution < 1.29 is 0 Å². The first-order valence-corrected chi connectivity index (χ1v) is 5.27. The molecule has 0 aromatic rings. The predicted molar refractivity (Wildman–Crippen MR) is 61.8 cm³/mol. The third-order valence-corrected chi connectivity index (χ3v) is 1.72. The minimum absolute atomic E-state index is 0.657. The number of nitrogens with zero attached hydrogens (tertiary/aromatic N) is 1. The molecular weight excluding hydrogens is 170 g/mol. The van der Waals surface area contributed by atoms with Crippen LogP contribution in [0.3, 0.4) is 0 Å². The van der Waals surface area contributed by atoms with Crippen LogP contribution in [0.5, 0.6) is 0 Å². The molecule has 0 rings (SSSR count). The Morgan fingerprint density at radius 2 is 1.64 bits per heavy atom. The van der Waals surface area contributed by atoms with Crippen LogP contribution in [-0.2, 0) is 0 Å². The van der Waals surface area contributed by atoms with Crippen molar-refractivity contribution in [1.82, 2.24) is 0 Å². The Kier molecular flexibility index (Phi) is 10.6. The molecule has 76 valence electrons. The number of hydrogen-bond donors (Lipinski definition) is 0. The molecule has 0 fully saturated rings. The first kappa shape index (κ1) is 12.7. The topological polar surface area (TPSA) is 23.8 Å². The summed E-state index contributed by atoms with van der Waals surface area (Å²) >= 11 is 0. The lowest BCUT2D eigenvalue weighted by Gasteiger charge is -1.84. The normalized spacial score (nSPS) is 11.7. The molecule has 0 aliphatic rings. The van der Waals surface area contributed by atoms with Crippen LogP contribution in [0.15, 0.2) is 36.5 Å². The highest BCUT2D eigenvalue weighted by molar-refractivity contribution is 5.10. The molecule has 0 atom stereocenters. The molecule has 0 spiro atoms. The molecule has 0 amide bonds. The van der Waals surface area contributed by atoms with Crippen molar-refractivity contribution in [3.8, 4) is 6.07 Å². The van der Waals surface area contributed by atoms with E-state index in [9.17, 15) is 0 Å². The second-order valence-electron chi connectivity index (χ2n) is 3.08. The van der Waals surface area contributed by atoms with E-state index in [2.05, 4.69) is 31.2 Å². The Morgan fingerprint density at radius 1 is 1.00 bits per heavy atom. The van der Waals surface area contributed by atoms with Gasteiger partial charge in [-0.1, -0.05) is 49.8 Å². The first-order chi connectivity index (χ1) is 6.91. The van der Waals surface area contributed by atoms with Crippen LogP contribution in [0.1, 0.15) is 39.0 Å². The van der Waals surface area contributed by atoms with Crippen LogP contribution in [0.2, 0.25) is 0 Å². The van der Waals surface area contributed by atoms with E-state index < -0.39 is 0 Å². The summed E-state index contributed by atoms with van der Waals surface area (Å²) in [6, 6.07) is 2.13. The second-order valence-corrected chi connectivity index (χ2v) is 3.08. The van der Waals surface area contributed by atoms with E-state index in [1.54, 1.807) is 0 Å². The Bertz CT molecular complexity index is 228. The Labute approximate surface area is 87.4 Å². The minimum Gasteiger partial charge on any atom is -0.198 e. The summed E-state index contributed by atoms with van der Waals surface area (Å²) in [5.74, 6) is 0. The van der Waals surface area contributed by atoms with Crippen LogP contribution in [0.25, 0.3) is 0 Å². The van der Waals surface area contributed by atoms with Crippen LogP contribution in [0.4, 0.5) is 0 Å². The summed E-state index contributed by atoms with van der Waals surface area (Å²) in [5, 5.41) is 8.29. The molecule has 0 saturated carbocycles. The number of nitriles is 1. The van der Waals surface area contributed by atoms with Crippen molar-refractivity contribution >= 4 is 0 Å². The van der Waals surface area contributed by atoms with Crippen LogP contribution in [-0.4, -0.2) is 0 Å². The Balaban J connectivity index is 3.37.